The van der Waals surface area contributed by atoms with Gasteiger partial charge in [0, 0.05) is 38.3 Å². The number of amides is 1. The zero-order valence-electron chi connectivity index (χ0n) is 15.1. The molecule has 0 aromatic heterocycles. The van der Waals surface area contributed by atoms with Gasteiger partial charge in [-0.05, 0) is 43.2 Å². The van der Waals surface area contributed by atoms with Gasteiger partial charge in [0.1, 0.15) is 5.75 Å². The van der Waals surface area contributed by atoms with Crippen molar-refractivity contribution in [1.29, 1.82) is 0 Å². The molecule has 3 rings (SSSR count). The summed E-state index contributed by atoms with van der Waals surface area (Å²) in [6, 6.07) is 16.2. The highest BCUT2D eigenvalue weighted by molar-refractivity contribution is 5.94. The molecule has 0 bridgehead atoms. The summed E-state index contributed by atoms with van der Waals surface area (Å²) in [5.74, 6) is 0.970. The summed E-state index contributed by atoms with van der Waals surface area (Å²) in [5.41, 5.74) is 3.08. The first kappa shape index (κ1) is 17.5. The maximum Gasteiger partial charge on any atom is 0.253 e. The third-order valence-electron chi connectivity index (χ3n) is 4.63. The molecule has 0 aliphatic carbocycles. The third kappa shape index (κ3) is 4.40. The first-order valence-electron chi connectivity index (χ1n) is 8.96. The van der Waals surface area contributed by atoms with Crippen LogP contribution in [0.5, 0.6) is 5.75 Å². The Morgan fingerprint density at radius 3 is 2.40 bits per heavy atom. The lowest BCUT2D eigenvalue weighted by Crippen LogP contribution is -2.48. The molecule has 0 saturated carbocycles. The van der Waals surface area contributed by atoms with Crippen LogP contribution < -0.4 is 4.74 Å². The highest BCUT2D eigenvalue weighted by atomic mass is 16.5. The van der Waals surface area contributed by atoms with Crippen LogP contribution >= 0.6 is 0 Å². The molecule has 1 fully saturated rings. The predicted octanol–water partition coefficient (Wildman–Crippen LogP) is 3.35. The first-order chi connectivity index (χ1) is 12.2. The monoisotopic (exact) mass is 338 g/mol. The molecule has 25 heavy (non-hydrogen) atoms. The van der Waals surface area contributed by atoms with Crippen LogP contribution in [0.2, 0.25) is 0 Å². The fourth-order valence-electron chi connectivity index (χ4n) is 3.23. The molecule has 4 nitrogen and oxygen atoms in total. The van der Waals surface area contributed by atoms with Crippen LogP contribution in [0.1, 0.15) is 28.4 Å². The van der Waals surface area contributed by atoms with Crippen LogP contribution in [-0.4, -0.2) is 48.5 Å². The summed E-state index contributed by atoms with van der Waals surface area (Å²) in [6.45, 7) is 8.92. The van der Waals surface area contributed by atoms with E-state index in [1.807, 2.05) is 43.0 Å². The summed E-state index contributed by atoms with van der Waals surface area (Å²) >= 11 is 0. The zero-order valence-corrected chi connectivity index (χ0v) is 15.1. The summed E-state index contributed by atoms with van der Waals surface area (Å²) in [4.78, 5) is 17.1. The van der Waals surface area contributed by atoms with Gasteiger partial charge < -0.3 is 9.64 Å². The van der Waals surface area contributed by atoms with Crippen molar-refractivity contribution in [2.45, 2.75) is 20.4 Å². The smallest absolute Gasteiger partial charge is 0.253 e. The van der Waals surface area contributed by atoms with Crippen molar-refractivity contribution in [3.63, 3.8) is 0 Å². The van der Waals surface area contributed by atoms with Gasteiger partial charge >= 0.3 is 0 Å². The fourth-order valence-corrected chi connectivity index (χ4v) is 3.23. The molecule has 4 heteroatoms. The summed E-state index contributed by atoms with van der Waals surface area (Å²) in [6.07, 6.45) is 0. The number of aryl methyl sites for hydroxylation is 1. The van der Waals surface area contributed by atoms with Crippen molar-refractivity contribution in [1.82, 2.24) is 9.80 Å². The van der Waals surface area contributed by atoms with Gasteiger partial charge in [0.2, 0.25) is 0 Å². The van der Waals surface area contributed by atoms with Gasteiger partial charge in [-0.25, -0.2) is 0 Å². The molecular weight excluding hydrogens is 312 g/mol. The van der Waals surface area contributed by atoms with Gasteiger partial charge in [-0.1, -0.05) is 30.3 Å². The highest BCUT2D eigenvalue weighted by Gasteiger charge is 2.22. The number of piperazine rings is 1. The van der Waals surface area contributed by atoms with Gasteiger partial charge in [0.15, 0.2) is 0 Å². The minimum Gasteiger partial charge on any atom is -0.494 e. The van der Waals surface area contributed by atoms with Crippen molar-refractivity contribution in [3.8, 4) is 5.75 Å². The molecule has 0 N–H and O–H groups in total. The van der Waals surface area contributed by atoms with E-state index in [-0.39, 0.29) is 5.91 Å². The van der Waals surface area contributed by atoms with Crippen molar-refractivity contribution in [2.75, 3.05) is 32.8 Å². The molecule has 0 unspecified atom stereocenters. The Labute approximate surface area is 150 Å². The largest absolute Gasteiger partial charge is 0.494 e. The topological polar surface area (TPSA) is 32.8 Å². The van der Waals surface area contributed by atoms with Gasteiger partial charge in [-0.2, -0.15) is 0 Å². The molecule has 2 aromatic carbocycles. The Kier molecular flexibility index (Phi) is 5.71. The fraction of sp³-hybridized carbons (Fsp3) is 0.381. The van der Waals surface area contributed by atoms with Crippen LogP contribution in [0.3, 0.4) is 0 Å². The van der Waals surface area contributed by atoms with E-state index in [1.54, 1.807) is 0 Å². The number of hydrogen-bond donors (Lipinski definition) is 0. The molecule has 1 saturated heterocycles. The number of carbonyl (C=O) groups is 1. The third-order valence-corrected chi connectivity index (χ3v) is 4.63. The van der Waals surface area contributed by atoms with E-state index in [1.165, 1.54) is 5.56 Å². The lowest BCUT2D eigenvalue weighted by atomic mass is 10.1. The Balaban J connectivity index is 1.57. The molecule has 1 aliphatic heterocycles. The normalized spacial score (nSPS) is 15.2. The second kappa shape index (κ2) is 8.17. The molecule has 1 heterocycles. The second-order valence-electron chi connectivity index (χ2n) is 6.47. The van der Waals surface area contributed by atoms with Crippen molar-refractivity contribution in [2.24, 2.45) is 0 Å². The average molecular weight is 338 g/mol. The van der Waals surface area contributed by atoms with E-state index >= 15 is 0 Å². The summed E-state index contributed by atoms with van der Waals surface area (Å²) in [7, 11) is 0. The average Bonchev–Trinajstić information content (AvgIpc) is 2.64. The van der Waals surface area contributed by atoms with E-state index in [0.717, 1.165) is 49.6 Å². The van der Waals surface area contributed by atoms with Crippen molar-refractivity contribution >= 4 is 5.91 Å². The van der Waals surface area contributed by atoms with E-state index in [4.69, 9.17) is 4.74 Å². The van der Waals surface area contributed by atoms with E-state index < -0.39 is 0 Å². The van der Waals surface area contributed by atoms with Gasteiger partial charge in [0.25, 0.3) is 5.91 Å². The Bertz CT molecular complexity index is 707. The van der Waals surface area contributed by atoms with Crippen molar-refractivity contribution in [3.05, 3.63) is 65.2 Å². The molecule has 0 atom stereocenters. The van der Waals surface area contributed by atoms with E-state index in [2.05, 4.69) is 29.2 Å². The predicted molar refractivity (Wildman–Crippen MR) is 100.0 cm³/mol. The van der Waals surface area contributed by atoms with Crippen LogP contribution in [0.15, 0.2) is 48.5 Å². The minimum absolute atomic E-state index is 0.116. The summed E-state index contributed by atoms with van der Waals surface area (Å²) < 4.78 is 5.56. The standard InChI is InChI=1S/C21H26N2O2/c1-3-25-20-10-9-19(15-17(20)2)21(24)23-13-11-22(12-14-23)16-18-7-5-4-6-8-18/h4-10,15H,3,11-14,16H2,1-2H3. The minimum atomic E-state index is 0.116. The highest BCUT2D eigenvalue weighted by Crippen LogP contribution is 2.20. The number of carbonyl (C=O) groups excluding carboxylic acids is 1. The lowest BCUT2D eigenvalue weighted by Gasteiger charge is -2.34. The Hall–Kier alpha value is -2.33. The second-order valence-corrected chi connectivity index (χ2v) is 6.47. The molecular formula is C21H26N2O2. The zero-order chi connectivity index (χ0) is 17.6. The molecule has 132 valence electrons. The number of nitrogens with zero attached hydrogens (tertiary/aromatic N) is 2. The quantitative estimate of drug-likeness (QED) is 0.838. The van der Waals surface area contributed by atoms with Gasteiger partial charge in [-0.3, -0.25) is 9.69 Å². The van der Waals surface area contributed by atoms with Gasteiger partial charge in [0.05, 0.1) is 6.61 Å². The summed E-state index contributed by atoms with van der Waals surface area (Å²) in [5, 5.41) is 0. The maximum atomic E-state index is 12.8. The van der Waals surface area contributed by atoms with Crippen LogP contribution in [0, 0.1) is 6.92 Å². The molecule has 1 amide bonds. The van der Waals surface area contributed by atoms with Crippen LogP contribution in [-0.2, 0) is 6.54 Å². The molecule has 1 aliphatic rings. The van der Waals surface area contributed by atoms with Crippen LogP contribution in [0.25, 0.3) is 0 Å². The Morgan fingerprint density at radius 1 is 1.04 bits per heavy atom. The number of hydrogen-bond acceptors (Lipinski definition) is 3. The first-order valence-corrected chi connectivity index (χ1v) is 8.96. The molecule has 0 radical (unpaired) electrons. The Morgan fingerprint density at radius 2 is 1.76 bits per heavy atom. The lowest BCUT2D eigenvalue weighted by molar-refractivity contribution is 0.0628. The van der Waals surface area contributed by atoms with E-state index in [9.17, 15) is 4.79 Å². The molecule has 0 spiro atoms. The number of benzene rings is 2. The van der Waals surface area contributed by atoms with Crippen LogP contribution in [0.4, 0.5) is 0 Å². The SMILES string of the molecule is CCOc1ccc(C(=O)N2CCN(Cc3ccccc3)CC2)cc1C. The van der Waals surface area contributed by atoms with Crippen molar-refractivity contribution < 1.29 is 9.53 Å². The van der Waals surface area contributed by atoms with E-state index in [0.29, 0.717) is 6.61 Å². The number of rotatable bonds is 5. The molecule has 2 aromatic rings. The maximum absolute atomic E-state index is 12.8. The van der Waals surface area contributed by atoms with Gasteiger partial charge in [-0.15, -0.1) is 0 Å². The number of ether oxygens (including phenoxy) is 1.